The lowest BCUT2D eigenvalue weighted by Crippen LogP contribution is -2.24. The molecule has 51 heavy (non-hydrogen) atoms. The summed E-state index contributed by atoms with van der Waals surface area (Å²) in [5, 5.41) is 26.1. The summed E-state index contributed by atoms with van der Waals surface area (Å²) in [5.41, 5.74) is 0.365. The summed E-state index contributed by atoms with van der Waals surface area (Å²) < 4.78 is 41.2. The fourth-order valence-corrected chi connectivity index (χ4v) is 4.40. The molecule has 15 nitrogen and oxygen atoms in total. The largest absolute Gasteiger partial charge is 0.496 e. The molecule has 0 amide bonds. The number of carbonyl (C=O) groups excluding carboxylic acids is 3. The van der Waals surface area contributed by atoms with Crippen molar-refractivity contribution in [1.82, 2.24) is 0 Å². The molecule has 0 aliphatic heterocycles. The minimum Gasteiger partial charge on any atom is -0.496 e. The van der Waals surface area contributed by atoms with Crippen LogP contribution in [0.1, 0.15) is 34.8 Å². The zero-order valence-electron chi connectivity index (χ0n) is 29.0. The number of fused-ring (bicyclic) bond motifs is 1. The van der Waals surface area contributed by atoms with Crippen LogP contribution in [0.5, 0.6) is 11.5 Å². The standard InChI is InChI=1S/C26H24O9.C10H22O6/c1-5-23(27)33-15(2)34-24(28)11-8-16-6-9-17(10-7-16)25(29)20-14-19-21(32-4)12-18(31-3)13-22(19)35-26(20)30;11-1-4-14-7-10(8-15-5-2-12)9-16-6-3-13/h5-7,9-10,12-15H,1,8,11H2,2-4H3;10-13H,1-9H2. The molecule has 1 unspecified atom stereocenters. The van der Waals surface area contributed by atoms with Crippen LogP contribution in [0.15, 0.2) is 64.3 Å². The van der Waals surface area contributed by atoms with Crippen LogP contribution < -0.4 is 15.1 Å². The summed E-state index contributed by atoms with van der Waals surface area (Å²) in [4.78, 5) is 48.6. The molecule has 3 rings (SSSR count). The summed E-state index contributed by atoms with van der Waals surface area (Å²) in [7, 11) is 2.94. The van der Waals surface area contributed by atoms with Gasteiger partial charge in [0.25, 0.3) is 0 Å². The Hall–Kier alpha value is -4.64. The van der Waals surface area contributed by atoms with E-state index in [1.807, 2.05) is 0 Å². The molecule has 0 saturated heterocycles. The smallest absolute Gasteiger partial charge is 0.347 e. The molecule has 3 N–H and O–H groups in total. The second-order valence-corrected chi connectivity index (χ2v) is 10.7. The van der Waals surface area contributed by atoms with Crippen molar-refractivity contribution in [2.75, 3.05) is 73.7 Å². The minimum absolute atomic E-state index is 0.0122. The third-order valence-electron chi connectivity index (χ3n) is 6.84. The Morgan fingerprint density at radius 1 is 0.843 bits per heavy atom. The first-order chi connectivity index (χ1) is 24.6. The third kappa shape index (κ3) is 15.0. The molecular formula is C36H46O15. The van der Waals surface area contributed by atoms with Gasteiger partial charge in [0.15, 0.2) is 5.78 Å². The van der Waals surface area contributed by atoms with E-state index in [-0.39, 0.29) is 68.7 Å². The Morgan fingerprint density at radius 3 is 1.94 bits per heavy atom. The highest BCUT2D eigenvalue weighted by atomic mass is 16.7. The van der Waals surface area contributed by atoms with Gasteiger partial charge in [-0.15, -0.1) is 0 Å². The molecule has 0 saturated carbocycles. The normalized spacial score (nSPS) is 11.4. The van der Waals surface area contributed by atoms with Crippen molar-refractivity contribution in [2.24, 2.45) is 5.92 Å². The lowest BCUT2D eigenvalue weighted by atomic mass is 10.0. The molecule has 0 aliphatic carbocycles. The first kappa shape index (κ1) is 42.5. The van der Waals surface area contributed by atoms with Gasteiger partial charge in [-0.05, 0) is 18.1 Å². The Morgan fingerprint density at radius 2 is 1.43 bits per heavy atom. The van der Waals surface area contributed by atoms with E-state index in [4.69, 9.17) is 52.9 Å². The number of aliphatic hydroxyl groups excluding tert-OH is 3. The number of hydrogen-bond acceptors (Lipinski definition) is 15. The van der Waals surface area contributed by atoms with Gasteiger partial charge in [-0.1, -0.05) is 30.8 Å². The first-order valence-electron chi connectivity index (χ1n) is 16.0. The van der Waals surface area contributed by atoms with Crippen LogP contribution >= 0.6 is 0 Å². The van der Waals surface area contributed by atoms with Gasteiger partial charge in [0.05, 0.1) is 79.1 Å². The van der Waals surface area contributed by atoms with Crippen LogP contribution in [0, 0.1) is 5.92 Å². The second-order valence-electron chi connectivity index (χ2n) is 10.7. The minimum atomic E-state index is -1.03. The van der Waals surface area contributed by atoms with Crippen molar-refractivity contribution in [3.63, 3.8) is 0 Å². The van der Waals surface area contributed by atoms with Crippen LogP contribution in [0.2, 0.25) is 0 Å². The van der Waals surface area contributed by atoms with Crippen molar-refractivity contribution >= 4 is 28.7 Å². The summed E-state index contributed by atoms with van der Waals surface area (Å²) in [6.07, 6.45) is 0.331. The van der Waals surface area contributed by atoms with Crippen LogP contribution in [-0.2, 0) is 39.7 Å². The molecule has 0 spiro atoms. The van der Waals surface area contributed by atoms with Crippen molar-refractivity contribution in [3.05, 3.63) is 82.2 Å². The highest BCUT2D eigenvalue weighted by Crippen LogP contribution is 2.31. The molecule has 0 bridgehead atoms. The topological polar surface area (TPSA) is 207 Å². The number of methoxy groups -OCH3 is 2. The summed E-state index contributed by atoms with van der Waals surface area (Å²) >= 11 is 0. The molecule has 15 heteroatoms. The highest BCUT2D eigenvalue weighted by molar-refractivity contribution is 6.10. The third-order valence-corrected chi connectivity index (χ3v) is 6.84. The quantitative estimate of drug-likeness (QED) is 0.0340. The molecule has 1 aromatic heterocycles. The maximum absolute atomic E-state index is 13.0. The number of esters is 2. The molecule has 2 aromatic carbocycles. The monoisotopic (exact) mass is 718 g/mol. The maximum atomic E-state index is 13.0. The number of rotatable bonds is 22. The average molecular weight is 719 g/mol. The Kier molecular flexibility index (Phi) is 19.8. The highest BCUT2D eigenvalue weighted by Gasteiger charge is 2.19. The van der Waals surface area contributed by atoms with E-state index in [0.717, 1.165) is 11.6 Å². The Balaban J connectivity index is 0.000000475. The van der Waals surface area contributed by atoms with Gasteiger partial charge in [0.1, 0.15) is 22.6 Å². The van der Waals surface area contributed by atoms with Crippen LogP contribution in [0.4, 0.5) is 0 Å². The summed E-state index contributed by atoms with van der Waals surface area (Å²) in [5.74, 6) is -0.860. The zero-order valence-corrected chi connectivity index (χ0v) is 29.0. The van der Waals surface area contributed by atoms with E-state index in [1.54, 1.807) is 30.3 Å². The Bertz CT molecular complexity index is 1560. The molecule has 1 atom stereocenters. The van der Waals surface area contributed by atoms with E-state index < -0.39 is 29.6 Å². The van der Waals surface area contributed by atoms with Crippen molar-refractivity contribution < 1.29 is 67.3 Å². The lowest BCUT2D eigenvalue weighted by Gasteiger charge is -2.16. The molecular weight excluding hydrogens is 672 g/mol. The number of ketones is 1. The van der Waals surface area contributed by atoms with E-state index in [0.29, 0.717) is 43.1 Å². The van der Waals surface area contributed by atoms with Gasteiger partial charge in [-0.3, -0.25) is 9.59 Å². The van der Waals surface area contributed by atoms with Crippen LogP contribution in [0.3, 0.4) is 0 Å². The average Bonchev–Trinajstić information content (AvgIpc) is 3.13. The summed E-state index contributed by atoms with van der Waals surface area (Å²) in [6, 6.07) is 11.1. The number of carbonyl (C=O) groups is 3. The van der Waals surface area contributed by atoms with Crippen molar-refractivity contribution in [1.29, 1.82) is 0 Å². The van der Waals surface area contributed by atoms with Gasteiger partial charge < -0.3 is 52.9 Å². The second kappa shape index (κ2) is 23.7. The van der Waals surface area contributed by atoms with Crippen molar-refractivity contribution in [2.45, 2.75) is 26.1 Å². The molecule has 280 valence electrons. The van der Waals surface area contributed by atoms with E-state index in [9.17, 15) is 19.2 Å². The molecule has 3 aromatic rings. The summed E-state index contributed by atoms with van der Waals surface area (Å²) in [6.45, 7) is 6.81. The lowest BCUT2D eigenvalue weighted by molar-refractivity contribution is -0.181. The first-order valence-corrected chi connectivity index (χ1v) is 16.0. The van der Waals surface area contributed by atoms with Crippen LogP contribution in [-0.4, -0.2) is 113 Å². The number of aliphatic hydroxyl groups is 3. The fraction of sp³-hybridized carbons (Fsp3) is 0.444. The van der Waals surface area contributed by atoms with Gasteiger partial charge in [0, 0.05) is 43.0 Å². The van der Waals surface area contributed by atoms with E-state index in [1.165, 1.54) is 33.3 Å². The van der Waals surface area contributed by atoms with Crippen molar-refractivity contribution in [3.8, 4) is 11.5 Å². The van der Waals surface area contributed by atoms with Gasteiger partial charge in [-0.2, -0.15) is 0 Å². The molecule has 1 heterocycles. The molecule has 0 fully saturated rings. The zero-order chi connectivity index (χ0) is 37.6. The number of benzene rings is 2. The maximum Gasteiger partial charge on any atom is 0.347 e. The number of hydrogen-bond donors (Lipinski definition) is 3. The van der Waals surface area contributed by atoms with Gasteiger partial charge >= 0.3 is 17.6 Å². The van der Waals surface area contributed by atoms with Crippen LogP contribution in [0.25, 0.3) is 11.0 Å². The number of ether oxygens (including phenoxy) is 7. The number of aryl methyl sites for hydroxylation is 1. The predicted molar refractivity (Wildman–Crippen MR) is 183 cm³/mol. The Labute approximate surface area is 295 Å². The molecule has 0 aliphatic rings. The van der Waals surface area contributed by atoms with Gasteiger partial charge in [0.2, 0.25) is 6.29 Å². The SMILES string of the molecule is C=CC(=O)OC(C)OC(=O)CCc1ccc(C(=O)c2cc3c(OC)cc(OC)cc3oc2=O)cc1.OCCOCC(COCCO)COCCO. The molecule has 0 radical (unpaired) electrons. The van der Waals surface area contributed by atoms with Gasteiger partial charge in [-0.25, -0.2) is 9.59 Å². The van der Waals surface area contributed by atoms with E-state index in [2.05, 4.69) is 6.58 Å². The fourth-order valence-electron chi connectivity index (χ4n) is 4.40. The predicted octanol–water partition coefficient (Wildman–Crippen LogP) is 2.22. The van der Waals surface area contributed by atoms with E-state index >= 15 is 0 Å².